The lowest BCUT2D eigenvalue weighted by Gasteiger charge is -2.25. The van der Waals surface area contributed by atoms with Crippen LogP contribution in [0.25, 0.3) is 0 Å². The number of nitrogens with one attached hydrogen (secondary N) is 1. The number of carbonyl (C=O) groups excluding carboxylic acids is 1. The van der Waals surface area contributed by atoms with Crippen molar-refractivity contribution in [3.63, 3.8) is 0 Å². The van der Waals surface area contributed by atoms with E-state index >= 15 is 0 Å². The maximum Gasteiger partial charge on any atom is 0.407 e. The van der Waals surface area contributed by atoms with Crippen LogP contribution in [-0.4, -0.2) is 23.0 Å². The van der Waals surface area contributed by atoms with E-state index in [0.29, 0.717) is 12.5 Å². The number of hydrogen-bond donors (Lipinski definition) is 1. The molecule has 5 heteroatoms. The summed E-state index contributed by atoms with van der Waals surface area (Å²) in [6.07, 6.45) is 5.72. The van der Waals surface area contributed by atoms with Crippen LogP contribution in [0, 0.1) is 5.92 Å². The van der Waals surface area contributed by atoms with Gasteiger partial charge < -0.3 is 14.9 Å². The van der Waals surface area contributed by atoms with Gasteiger partial charge in [0.05, 0.1) is 5.71 Å². The van der Waals surface area contributed by atoms with Gasteiger partial charge in [0.1, 0.15) is 11.2 Å². The van der Waals surface area contributed by atoms with E-state index in [0.717, 1.165) is 29.7 Å². The highest BCUT2D eigenvalue weighted by atomic mass is 16.6. The highest BCUT2D eigenvalue weighted by molar-refractivity contribution is 6.02. The van der Waals surface area contributed by atoms with Gasteiger partial charge in [-0.2, -0.15) is 0 Å². The number of ether oxygens (including phenoxy) is 1. The first-order chi connectivity index (χ1) is 13.0. The number of carbonyl (C=O) groups is 1. The monoisotopic (exact) mass is 388 g/mol. The van der Waals surface area contributed by atoms with Crippen LogP contribution in [0.1, 0.15) is 84.8 Å². The van der Waals surface area contributed by atoms with E-state index in [4.69, 9.17) is 9.57 Å². The number of amides is 1. The number of rotatable bonds is 5. The van der Waals surface area contributed by atoms with Crippen molar-refractivity contribution in [1.29, 1.82) is 0 Å². The molecular weight excluding hydrogens is 352 g/mol. The molecule has 0 aromatic heterocycles. The van der Waals surface area contributed by atoms with E-state index in [1.165, 1.54) is 19.3 Å². The Morgan fingerprint density at radius 3 is 2.14 bits per heavy atom. The molecule has 0 heterocycles. The largest absolute Gasteiger partial charge is 0.444 e. The maximum absolute atomic E-state index is 11.8. The van der Waals surface area contributed by atoms with Crippen LogP contribution in [0.3, 0.4) is 0 Å². The van der Waals surface area contributed by atoms with E-state index in [-0.39, 0.29) is 5.60 Å². The summed E-state index contributed by atoms with van der Waals surface area (Å²) in [5.74, 6) is 0.446. The molecule has 0 bridgehead atoms. The molecule has 28 heavy (non-hydrogen) atoms. The molecule has 0 radical (unpaired) electrons. The van der Waals surface area contributed by atoms with Gasteiger partial charge in [-0.25, -0.2) is 4.79 Å². The van der Waals surface area contributed by atoms with Gasteiger partial charge >= 0.3 is 6.09 Å². The molecule has 1 aromatic carbocycles. The molecule has 2 rings (SSSR count). The van der Waals surface area contributed by atoms with E-state index < -0.39 is 11.7 Å². The predicted molar refractivity (Wildman–Crippen MR) is 113 cm³/mol. The smallest absolute Gasteiger partial charge is 0.407 e. The Morgan fingerprint density at radius 1 is 1.00 bits per heavy atom. The van der Waals surface area contributed by atoms with Gasteiger partial charge in [-0.15, -0.1) is 0 Å². The van der Waals surface area contributed by atoms with Gasteiger partial charge in [0.25, 0.3) is 0 Å². The average Bonchev–Trinajstić information content (AvgIpc) is 2.60. The minimum Gasteiger partial charge on any atom is -0.444 e. The molecule has 0 aliphatic heterocycles. The summed E-state index contributed by atoms with van der Waals surface area (Å²) in [6.45, 7) is 12.0. The zero-order valence-corrected chi connectivity index (χ0v) is 18.3. The quantitative estimate of drug-likeness (QED) is 0.511. The van der Waals surface area contributed by atoms with Gasteiger partial charge in [-0.05, 0) is 65.5 Å². The molecular formula is C23H36N2O3. The van der Waals surface area contributed by atoms with Crippen molar-refractivity contribution in [1.82, 2.24) is 5.32 Å². The molecule has 5 nitrogen and oxygen atoms in total. The second kappa shape index (κ2) is 9.44. The Hall–Kier alpha value is -2.04. The van der Waals surface area contributed by atoms with Crippen molar-refractivity contribution in [2.45, 2.75) is 91.4 Å². The first-order valence-corrected chi connectivity index (χ1v) is 10.4. The first-order valence-electron chi connectivity index (χ1n) is 10.4. The van der Waals surface area contributed by atoms with Crippen molar-refractivity contribution in [3.05, 3.63) is 35.4 Å². The second-order valence-electron chi connectivity index (χ2n) is 9.57. The second-order valence-corrected chi connectivity index (χ2v) is 9.57. The Bertz CT molecular complexity index is 661. The SMILES string of the molecule is CC(C)(C)O/N=C(/c1ccc(CNC(=O)OC(C)(C)C)cc1)C1CCCCC1. The van der Waals surface area contributed by atoms with Gasteiger partial charge in [-0.3, -0.25) is 0 Å². The zero-order valence-electron chi connectivity index (χ0n) is 18.3. The highest BCUT2D eigenvalue weighted by Crippen LogP contribution is 2.28. The molecule has 1 saturated carbocycles. The van der Waals surface area contributed by atoms with Gasteiger partial charge in [-0.1, -0.05) is 48.7 Å². The Balaban J connectivity index is 2.07. The lowest BCUT2D eigenvalue weighted by Crippen LogP contribution is -2.32. The van der Waals surface area contributed by atoms with Crippen molar-refractivity contribution in [3.8, 4) is 0 Å². The maximum atomic E-state index is 11.8. The first kappa shape index (κ1) is 22.3. The summed E-state index contributed by atoms with van der Waals surface area (Å²) >= 11 is 0. The van der Waals surface area contributed by atoms with Crippen LogP contribution < -0.4 is 5.32 Å². The molecule has 0 atom stereocenters. The Labute approximate surface area is 169 Å². The topological polar surface area (TPSA) is 59.9 Å². The van der Waals surface area contributed by atoms with Crippen molar-refractivity contribution in [2.75, 3.05) is 0 Å². The molecule has 1 amide bonds. The molecule has 1 aliphatic rings. The normalized spacial score (nSPS) is 16.6. The molecule has 0 saturated heterocycles. The molecule has 1 aliphatic carbocycles. The third-order valence-electron chi connectivity index (χ3n) is 4.50. The number of benzene rings is 1. The lowest BCUT2D eigenvalue weighted by molar-refractivity contribution is -0.00000479. The molecule has 1 aromatic rings. The van der Waals surface area contributed by atoms with Crippen LogP contribution in [0.2, 0.25) is 0 Å². The third-order valence-corrected chi connectivity index (χ3v) is 4.50. The van der Waals surface area contributed by atoms with Gasteiger partial charge in [0, 0.05) is 12.5 Å². The van der Waals surface area contributed by atoms with Crippen molar-refractivity contribution < 1.29 is 14.4 Å². The summed E-state index contributed by atoms with van der Waals surface area (Å²) in [4.78, 5) is 17.6. The van der Waals surface area contributed by atoms with Crippen LogP contribution >= 0.6 is 0 Å². The minimum atomic E-state index is -0.494. The summed E-state index contributed by atoms with van der Waals surface area (Å²) in [5.41, 5.74) is 2.36. The van der Waals surface area contributed by atoms with Gasteiger partial charge in [0.15, 0.2) is 0 Å². The summed E-state index contributed by atoms with van der Waals surface area (Å²) in [5, 5.41) is 7.36. The lowest BCUT2D eigenvalue weighted by atomic mass is 9.83. The summed E-state index contributed by atoms with van der Waals surface area (Å²) in [6, 6.07) is 8.21. The number of oxime groups is 1. The van der Waals surface area contributed by atoms with Crippen molar-refractivity contribution in [2.24, 2.45) is 11.1 Å². The molecule has 156 valence electrons. The number of alkyl carbamates (subject to hydrolysis) is 1. The Morgan fingerprint density at radius 2 is 1.61 bits per heavy atom. The van der Waals surface area contributed by atoms with E-state index in [1.807, 2.05) is 53.7 Å². The number of nitrogens with zero attached hydrogens (tertiary/aromatic N) is 1. The number of hydrogen-bond acceptors (Lipinski definition) is 4. The van der Waals surface area contributed by atoms with E-state index in [9.17, 15) is 4.79 Å². The van der Waals surface area contributed by atoms with Crippen LogP contribution in [0.15, 0.2) is 29.4 Å². The van der Waals surface area contributed by atoms with Crippen LogP contribution in [0.5, 0.6) is 0 Å². The fourth-order valence-electron chi connectivity index (χ4n) is 3.21. The standard InChI is InChI=1S/C23H36N2O3/c1-22(2,3)27-21(26)24-16-17-12-14-19(15-13-17)20(25-28-23(4,5)6)18-10-8-7-9-11-18/h12-15,18H,7-11,16H2,1-6H3,(H,24,26)/b25-20+. The molecule has 1 N–H and O–H groups in total. The minimum absolute atomic E-state index is 0.308. The molecule has 1 fully saturated rings. The molecule has 0 unspecified atom stereocenters. The Kier molecular flexibility index (Phi) is 7.50. The van der Waals surface area contributed by atoms with Crippen molar-refractivity contribution >= 4 is 11.8 Å². The van der Waals surface area contributed by atoms with Gasteiger partial charge in [0.2, 0.25) is 0 Å². The third kappa shape index (κ3) is 7.91. The summed E-state index contributed by atoms with van der Waals surface area (Å²) < 4.78 is 5.28. The summed E-state index contributed by atoms with van der Waals surface area (Å²) in [7, 11) is 0. The highest BCUT2D eigenvalue weighted by Gasteiger charge is 2.23. The van der Waals surface area contributed by atoms with E-state index in [2.05, 4.69) is 22.6 Å². The zero-order chi connectivity index (χ0) is 20.8. The van der Waals surface area contributed by atoms with E-state index in [1.54, 1.807) is 0 Å². The fourth-order valence-corrected chi connectivity index (χ4v) is 3.21. The molecule has 0 spiro atoms. The van der Waals surface area contributed by atoms with Crippen LogP contribution in [0.4, 0.5) is 4.79 Å². The fraction of sp³-hybridized carbons (Fsp3) is 0.652. The average molecular weight is 389 g/mol. The predicted octanol–water partition coefficient (Wildman–Crippen LogP) is 5.81. The van der Waals surface area contributed by atoms with Crippen LogP contribution in [-0.2, 0) is 16.1 Å².